The molecule has 1 rings (SSSR count). The second kappa shape index (κ2) is 4.67. The molecule has 1 unspecified atom stereocenters. The van der Waals surface area contributed by atoms with Crippen LogP contribution in [0.3, 0.4) is 0 Å². The fourth-order valence-electron chi connectivity index (χ4n) is 0.847. The zero-order valence-corrected chi connectivity index (χ0v) is 10.0. The second-order valence-corrected chi connectivity index (χ2v) is 4.64. The first-order valence-corrected chi connectivity index (χ1v) is 5.74. The first kappa shape index (κ1) is 12.1. The zero-order valence-electron chi connectivity index (χ0n) is 9.20. The predicted molar refractivity (Wildman–Crippen MR) is 60.8 cm³/mol. The fourth-order valence-corrected chi connectivity index (χ4v) is 1.52. The van der Waals surface area contributed by atoms with E-state index in [-0.39, 0.29) is 5.91 Å². The normalized spacial score (nSPS) is 14.7. The van der Waals surface area contributed by atoms with Crippen molar-refractivity contribution in [3.05, 3.63) is 5.01 Å². The number of nitrogens with zero attached hydrogens (tertiary/aromatic N) is 2. The van der Waals surface area contributed by atoms with Gasteiger partial charge in [0.25, 0.3) is 0 Å². The molecule has 0 aliphatic carbocycles. The van der Waals surface area contributed by atoms with E-state index in [1.54, 1.807) is 6.92 Å². The molecule has 1 aromatic rings. The third-order valence-corrected chi connectivity index (χ3v) is 3.23. The number of carbonyl (C=O) groups is 1. The van der Waals surface area contributed by atoms with E-state index in [9.17, 15) is 4.79 Å². The van der Waals surface area contributed by atoms with Gasteiger partial charge in [-0.3, -0.25) is 10.1 Å². The van der Waals surface area contributed by atoms with Crippen LogP contribution in [0, 0.1) is 0 Å². The summed E-state index contributed by atoms with van der Waals surface area (Å²) in [7, 11) is 0. The van der Waals surface area contributed by atoms with Gasteiger partial charge in [0.2, 0.25) is 11.0 Å². The summed E-state index contributed by atoms with van der Waals surface area (Å²) < 4.78 is 0. The molecule has 6 heteroatoms. The molecule has 1 aromatic heterocycles. The Bertz CT molecular complexity index is 348. The van der Waals surface area contributed by atoms with Gasteiger partial charge in [0.15, 0.2) is 0 Å². The Morgan fingerprint density at radius 1 is 1.53 bits per heavy atom. The van der Waals surface area contributed by atoms with E-state index in [1.807, 2.05) is 13.8 Å². The Labute approximate surface area is 93.1 Å². The third kappa shape index (κ3) is 2.97. The van der Waals surface area contributed by atoms with E-state index in [2.05, 4.69) is 15.5 Å². The molecule has 0 aromatic carbocycles. The number of aromatic nitrogens is 2. The summed E-state index contributed by atoms with van der Waals surface area (Å²) >= 11 is 1.38. The lowest BCUT2D eigenvalue weighted by Gasteiger charge is -2.20. The Balaban J connectivity index is 2.66. The average Bonchev–Trinajstić information content (AvgIpc) is 2.65. The Hall–Kier alpha value is -1.01. The Morgan fingerprint density at radius 3 is 2.67 bits per heavy atom. The molecule has 0 aliphatic heterocycles. The highest BCUT2D eigenvalue weighted by atomic mass is 32.1. The van der Waals surface area contributed by atoms with Crippen molar-refractivity contribution >= 4 is 22.4 Å². The van der Waals surface area contributed by atoms with Crippen LogP contribution < -0.4 is 11.1 Å². The lowest BCUT2D eigenvalue weighted by Crippen LogP contribution is -2.47. The predicted octanol–water partition coefficient (Wildman–Crippen LogP) is 1.17. The van der Waals surface area contributed by atoms with Crippen molar-refractivity contribution in [2.45, 2.75) is 39.2 Å². The van der Waals surface area contributed by atoms with Crippen LogP contribution in [0.2, 0.25) is 0 Å². The van der Waals surface area contributed by atoms with Gasteiger partial charge in [-0.2, -0.15) is 0 Å². The molecular weight excluding hydrogens is 212 g/mol. The van der Waals surface area contributed by atoms with Crippen LogP contribution in [0.5, 0.6) is 0 Å². The van der Waals surface area contributed by atoms with E-state index >= 15 is 0 Å². The molecular formula is C9H16N4OS. The van der Waals surface area contributed by atoms with Crippen molar-refractivity contribution in [1.29, 1.82) is 0 Å². The molecule has 0 radical (unpaired) electrons. The molecule has 5 nitrogen and oxygen atoms in total. The molecule has 0 saturated heterocycles. The maximum absolute atomic E-state index is 11.7. The van der Waals surface area contributed by atoms with Gasteiger partial charge in [-0.1, -0.05) is 25.2 Å². The van der Waals surface area contributed by atoms with E-state index < -0.39 is 5.54 Å². The van der Waals surface area contributed by atoms with Crippen LogP contribution in [-0.2, 0) is 11.2 Å². The van der Waals surface area contributed by atoms with E-state index in [1.165, 1.54) is 11.3 Å². The lowest BCUT2D eigenvalue weighted by atomic mass is 10.00. The lowest BCUT2D eigenvalue weighted by molar-refractivity contribution is -0.120. The Kier molecular flexibility index (Phi) is 3.76. The van der Waals surface area contributed by atoms with Gasteiger partial charge in [-0.05, 0) is 19.8 Å². The van der Waals surface area contributed by atoms with Gasteiger partial charge < -0.3 is 5.73 Å². The molecule has 1 heterocycles. The van der Waals surface area contributed by atoms with E-state index in [0.717, 1.165) is 11.4 Å². The number of carbonyl (C=O) groups excluding carboxylic acids is 1. The van der Waals surface area contributed by atoms with Gasteiger partial charge in [-0.25, -0.2) is 0 Å². The highest BCUT2D eigenvalue weighted by molar-refractivity contribution is 7.15. The van der Waals surface area contributed by atoms with Gasteiger partial charge >= 0.3 is 0 Å². The van der Waals surface area contributed by atoms with E-state index in [0.29, 0.717) is 11.6 Å². The summed E-state index contributed by atoms with van der Waals surface area (Å²) in [6, 6.07) is 0. The number of aryl methyl sites for hydroxylation is 1. The number of hydrogen-bond donors (Lipinski definition) is 2. The molecule has 15 heavy (non-hydrogen) atoms. The quantitative estimate of drug-likeness (QED) is 0.810. The monoisotopic (exact) mass is 228 g/mol. The molecule has 0 spiro atoms. The standard InChI is InChI=1S/C9H16N4OS/c1-4-6-12-13-8(15-6)11-7(14)9(3,10)5-2/h4-5,10H2,1-3H3,(H,11,13,14). The van der Waals surface area contributed by atoms with Gasteiger partial charge in [0.1, 0.15) is 5.01 Å². The minimum absolute atomic E-state index is 0.219. The highest BCUT2D eigenvalue weighted by Gasteiger charge is 2.26. The summed E-state index contributed by atoms with van der Waals surface area (Å²) in [4.78, 5) is 11.7. The number of anilines is 1. The van der Waals surface area contributed by atoms with Crippen LogP contribution in [-0.4, -0.2) is 21.6 Å². The highest BCUT2D eigenvalue weighted by Crippen LogP contribution is 2.17. The maximum atomic E-state index is 11.7. The number of hydrogen-bond acceptors (Lipinski definition) is 5. The van der Waals surface area contributed by atoms with Crippen LogP contribution in [0.4, 0.5) is 5.13 Å². The van der Waals surface area contributed by atoms with Gasteiger partial charge in [0.05, 0.1) is 5.54 Å². The first-order chi connectivity index (χ1) is 6.99. The Morgan fingerprint density at radius 2 is 2.20 bits per heavy atom. The van der Waals surface area contributed by atoms with Crippen LogP contribution in [0.25, 0.3) is 0 Å². The van der Waals surface area contributed by atoms with Crippen LogP contribution in [0.15, 0.2) is 0 Å². The van der Waals surface area contributed by atoms with Crippen molar-refractivity contribution in [2.75, 3.05) is 5.32 Å². The van der Waals surface area contributed by atoms with Crippen molar-refractivity contribution in [3.8, 4) is 0 Å². The van der Waals surface area contributed by atoms with Crippen molar-refractivity contribution in [3.63, 3.8) is 0 Å². The molecule has 0 fully saturated rings. The number of nitrogens with one attached hydrogen (secondary N) is 1. The third-order valence-electron chi connectivity index (χ3n) is 2.24. The molecule has 0 aliphatic rings. The number of nitrogens with two attached hydrogens (primary N) is 1. The first-order valence-electron chi connectivity index (χ1n) is 4.92. The van der Waals surface area contributed by atoms with Crippen molar-refractivity contribution in [1.82, 2.24) is 10.2 Å². The summed E-state index contributed by atoms with van der Waals surface area (Å²) in [6.45, 7) is 5.56. The summed E-state index contributed by atoms with van der Waals surface area (Å²) in [6.07, 6.45) is 1.40. The largest absolute Gasteiger partial charge is 0.318 e. The second-order valence-electron chi connectivity index (χ2n) is 3.58. The van der Waals surface area contributed by atoms with Crippen LogP contribution >= 0.6 is 11.3 Å². The van der Waals surface area contributed by atoms with Gasteiger partial charge in [0, 0.05) is 0 Å². The molecule has 0 saturated carbocycles. The van der Waals surface area contributed by atoms with Crippen molar-refractivity contribution in [2.24, 2.45) is 5.73 Å². The van der Waals surface area contributed by atoms with Gasteiger partial charge in [-0.15, -0.1) is 10.2 Å². The molecule has 1 atom stereocenters. The summed E-state index contributed by atoms with van der Waals surface area (Å²) in [5, 5.41) is 11.9. The maximum Gasteiger partial charge on any atom is 0.245 e. The van der Waals surface area contributed by atoms with Crippen LogP contribution in [0.1, 0.15) is 32.2 Å². The fraction of sp³-hybridized carbons (Fsp3) is 0.667. The molecule has 3 N–H and O–H groups in total. The summed E-state index contributed by atoms with van der Waals surface area (Å²) in [5.41, 5.74) is 4.94. The molecule has 0 bridgehead atoms. The van der Waals surface area contributed by atoms with Crippen molar-refractivity contribution < 1.29 is 4.79 Å². The topological polar surface area (TPSA) is 80.9 Å². The molecule has 84 valence electrons. The number of amides is 1. The smallest absolute Gasteiger partial charge is 0.245 e. The van der Waals surface area contributed by atoms with E-state index in [4.69, 9.17) is 5.73 Å². The minimum Gasteiger partial charge on any atom is -0.318 e. The summed E-state index contributed by atoms with van der Waals surface area (Å²) in [5.74, 6) is -0.219. The number of rotatable bonds is 4. The molecule has 1 amide bonds. The average molecular weight is 228 g/mol. The SMILES string of the molecule is CCc1nnc(NC(=O)C(C)(N)CC)s1. The minimum atomic E-state index is -0.849. The zero-order chi connectivity index (χ0) is 11.5.